The lowest BCUT2D eigenvalue weighted by Gasteiger charge is -2.13. The van der Waals surface area contributed by atoms with Crippen LogP contribution in [0.25, 0.3) is 0 Å². The summed E-state index contributed by atoms with van der Waals surface area (Å²) in [7, 11) is -3.94. The first-order valence-electron chi connectivity index (χ1n) is 3.62. The third-order valence-corrected chi connectivity index (χ3v) is 2.10. The lowest BCUT2D eigenvalue weighted by Crippen LogP contribution is -2.14. The zero-order valence-corrected chi connectivity index (χ0v) is 8.25. The quantitative estimate of drug-likeness (QED) is 0.508. The lowest BCUT2D eigenvalue weighted by molar-refractivity contribution is 0.0957. The second-order valence-corrected chi connectivity index (χ2v) is 4.62. The first-order chi connectivity index (χ1) is 5.31. The molecule has 0 aliphatic carbocycles. The smallest absolute Gasteiger partial charge is 0.328 e. The Labute approximate surface area is 72.4 Å². The molecule has 0 aliphatic rings. The molecule has 2 N–H and O–H groups in total. The van der Waals surface area contributed by atoms with E-state index in [1.165, 1.54) is 0 Å². The van der Waals surface area contributed by atoms with E-state index in [0.29, 0.717) is 6.61 Å². The Morgan fingerprint density at radius 1 is 1.67 bits per heavy atom. The average molecular weight is 194 g/mol. The van der Waals surface area contributed by atoms with Crippen LogP contribution < -0.4 is 0 Å². The van der Waals surface area contributed by atoms with Gasteiger partial charge in [0.25, 0.3) is 0 Å². The van der Waals surface area contributed by atoms with Crippen molar-refractivity contribution in [1.82, 2.24) is 0 Å². The summed E-state index contributed by atoms with van der Waals surface area (Å²) in [5, 5.41) is 0. The fraction of sp³-hybridized carbons (Fsp3) is 0.714. The van der Waals surface area contributed by atoms with Crippen molar-refractivity contribution < 1.29 is 19.1 Å². The Morgan fingerprint density at radius 2 is 2.17 bits per heavy atom. The van der Waals surface area contributed by atoms with E-state index in [0.717, 1.165) is 5.57 Å². The van der Waals surface area contributed by atoms with E-state index in [9.17, 15) is 4.57 Å². The van der Waals surface area contributed by atoms with Crippen molar-refractivity contribution in [2.24, 2.45) is 0 Å². The Hall–Kier alpha value is -0.150. The Bertz CT molecular complexity index is 196. The summed E-state index contributed by atoms with van der Waals surface area (Å²) in [6.45, 7) is 7.38. The third kappa shape index (κ3) is 7.95. The van der Waals surface area contributed by atoms with Crippen molar-refractivity contribution in [3.05, 3.63) is 12.2 Å². The summed E-state index contributed by atoms with van der Waals surface area (Å²) < 4.78 is 15.6. The summed E-state index contributed by atoms with van der Waals surface area (Å²) in [4.78, 5) is 17.1. The van der Waals surface area contributed by atoms with Crippen LogP contribution in [0.4, 0.5) is 0 Å². The number of hydrogen-bond acceptors (Lipinski definition) is 2. The summed E-state index contributed by atoms with van der Waals surface area (Å²) in [6.07, 6.45) is -0.664. The molecule has 0 aliphatic heterocycles. The highest BCUT2D eigenvalue weighted by Gasteiger charge is 2.18. The molecule has 0 saturated carbocycles. The van der Waals surface area contributed by atoms with Crippen LogP contribution in [0.3, 0.4) is 0 Å². The first kappa shape index (κ1) is 11.8. The van der Waals surface area contributed by atoms with Gasteiger partial charge in [0, 0.05) is 0 Å². The van der Waals surface area contributed by atoms with Gasteiger partial charge >= 0.3 is 7.60 Å². The summed E-state index contributed by atoms with van der Waals surface area (Å²) >= 11 is 0. The molecule has 0 spiro atoms. The molecule has 4 nitrogen and oxygen atoms in total. The van der Waals surface area contributed by atoms with Gasteiger partial charge in [-0.1, -0.05) is 12.2 Å². The number of rotatable bonds is 5. The van der Waals surface area contributed by atoms with Crippen LogP contribution in [0.1, 0.15) is 13.8 Å². The largest absolute Gasteiger partial charge is 0.374 e. The summed E-state index contributed by atoms with van der Waals surface area (Å²) in [5.74, 6) is 0. The van der Waals surface area contributed by atoms with Gasteiger partial charge in [-0.05, 0) is 13.8 Å². The van der Waals surface area contributed by atoms with Crippen LogP contribution in [0.15, 0.2) is 12.2 Å². The van der Waals surface area contributed by atoms with Gasteiger partial charge in [-0.25, -0.2) is 0 Å². The maximum atomic E-state index is 10.5. The fourth-order valence-corrected chi connectivity index (χ4v) is 1.45. The normalized spacial score (nSPS) is 14.3. The van der Waals surface area contributed by atoms with Crippen molar-refractivity contribution in [1.29, 1.82) is 0 Å². The van der Waals surface area contributed by atoms with Gasteiger partial charge in [-0.2, -0.15) is 0 Å². The van der Waals surface area contributed by atoms with Crippen molar-refractivity contribution in [2.45, 2.75) is 20.0 Å². The fourth-order valence-electron chi connectivity index (χ4n) is 0.672. The van der Waals surface area contributed by atoms with Gasteiger partial charge < -0.3 is 14.5 Å². The second kappa shape index (κ2) is 4.77. The van der Waals surface area contributed by atoms with E-state index in [1.807, 2.05) is 0 Å². The molecule has 0 radical (unpaired) electrons. The van der Waals surface area contributed by atoms with Gasteiger partial charge in [0.15, 0.2) is 0 Å². The van der Waals surface area contributed by atoms with Gasteiger partial charge in [-0.3, -0.25) is 4.57 Å². The van der Waals surface area contributed by atoms with E-state index in [1.54, 1.807) is 13.8 Å². The number of ether oxygens (including phenoxy) is 1. The summed E-state index contributed by atoms with van der Waals surface area (Å²) in [6, 6.07) is 0. The highest BCUT2D eigenvalue weighted by molar-refractivity contribution is 7.51. The molecular weight excluding hydrogens is 179 g/mol. The molecule has 0 saturated heterocycles. The van der Waals surface area contributed by atoms with Crippen LogP contribution in [-0.4, -0.2) is 28.7 Å². The zero-order chi connectivity index (χ0) is 9.78. The van der Waals surface area contributed by atoms with E-state index < -0.39 is 13.7 Å². The third-order valence-electron chi connectivity index (χ3n) is 1.11. The van der Waals surface area contributed by atoms with Crippen molar-refractivity contribution in [3.8, 4) is 0 Å². The zero-order valence-electron chi connectivity index (χ0n) is 7.36. The van der Waals surface area contributed by atoms with E-state index in [4.69, 9.17) is 14.5 Å². The molecule has 1 unspecified atom stereocenters. The SMILES string of the molecule is C=C(C)COC(C)CP(=O)(O)O. The highest BCUT2D eigenvalue weighted by Crippen LogP contribution is 2.35. The average Bonchev–Trinajstić information content (AvgIpc) is 1.79. The first-order valence-corrected chi connectivity index (χ1v) is 5.41. The standard InChI is InChI=1S/C7H15O4P/c1-6(2)4-11-7(3)5-12(8,9)10/h7H,1,4-5H2,2-3H3,(H2,8,9,10). The van der Waals surface area contributed by atoms with Crippen LogP contribution in [0, 0.1) is 0 Å². The van der Waals surface area contributed by atoms with E-state index in [2.05, 4.69) is 6.58 Å². The van der Waals surface area contributed by atoms with Crippen LogP contribution >= 0.6 is 7.60 Å². The van der Waals surface area contributed by atoms with Crippen LogP contribution in [-0.2, 0) is 9.30 Å². The Morgan fingerprint density at radius 3 is 2.50 bits per heavy atom. The molecule has 0 amide bonds. The Balaban J connectivity index is 3.67. The van der Waals surface area contributed by atoms with E-state index in [-0.39, 0.29) is 6.16 Å². The molecule has 0 rings (SSSR count). The monoisotopic (exact) mass is 194 g/mol. The molecule has 0 bridgehead atoms. The maximum absolute atomic E-state index is 10.5. The molecule has 0 aromatic carbocycles. The van der Waals surface area contributed by atoms with Crippen LogP contribution in [0.5, 0.6) is 0 Å². The molecule has 1 atom stereocenters. The molecular formula is C7H15O4P. The van der Waals surface area contributed by atoms with Crippen molar-refractivity contribution in [3.63, 3.8) is 0 Å². The van der Waals surface area contributed by atoms with Gasteiger partial charge in [0.1, 0.15) is 0 Å². The minimum Gasteiger partial charge on any atom is -0.374 e. The highest BCUT2D eigenvalue weighted by atomic mass is 31.2. The lowest BCUT2D eigenvalue weighted by atomic mass is 10.4. The predicted octanol–water partition coefficient (Wildman–Crippen LogP) is 1.15. The van der Waals surface area contributed by atoms with Gasteiger partial charge in [-0.15, -0.1) is 0 Å². The minimum absolute atomic E-state index is 0.236. The molecule has 12 heavy (non-hydrogen) atoms. The molecule has 0 fully saturated rings. The van der Waals surface area contributed by atoms with Crippen LogP contribution in [0.2, 0.25) is 0 Å². The maximum Gasteiger partial charge on any atom is 0.328 e. The Kier molecular flexibility index (Phi) is 4.71. The molecule has 0 heterocycles. The van der Waals surface area contributed by atoms with Crippen molar-refractivity contribution >= 4 is 7.60 Å². The molecule has 5 heteroatoms. The molecule has 0 aromatic heterocycles. The minimum atomic E-state index is -3.94. The van der Waals surface area contributed by atoms with Crippen molar-refractivity contribution in [2.75, 3.05) is 12.8 Å². The summed E-state index contributed by atoms with van der Waals surface area (Å²) in [5.41, 5.74) is 0.840. The topological polar surface area (TPSA) is 66.8 Å². The molecule has 0 aromatic rings. The molecule has 72 valence electrons. The second-order valence-electron chi connectivity index (χ2n) is 2.93. The van der Waals surface area contributed by atoms with E-state index >= 15 is 0 Å². The van der Waals surface area contributed by atoms with Gasteiger partial charge in [0.05, 0.1) is 18.9 Å². The predicted molar refractivity (Wildman–Crippen MR) is 47.1 cm³/mol. The number of hydrogen-bond donors (Lipinski definition) is 2. The van der Waals surface area contributed by atoms with Gasteiger partial charge in [0.2, 0.25) is 0 Å².